The Balaban J connectivity index is 2.20. The molecule has 1 aliphatic heterocycles. The second-order valence-electron chi connectivity index (χ2n) is 6.69. The Morgan fingerprint density at radius 1 is 1.15 bits per heavy atom. The van der Waals surface area contributed by atoms with Crippen LogP contribution in [0.3, 0.4) is 0 Å². The van der Waals surface area contributed by atoms with Crippen LogP contribution in [-0.4, -0.2) is 19.7 Å². The number of hydrogen-bond acceptors (Lipinski definition) is 3. The third kappa shape index (κ3) is 3.86. The summed E-state index contributed by atoms with van der Waals surface area (Å²) in [7, 11) is 1.51. The van der Waals surface area contributed by atoms with Crippen molar-refractivity contribution in [3.05, 3.63) is 53.1 Å². The molecule has 1 atom stereocenters. The van der Waals surface area contributed by atoms with Crippen LogP contribution in [0.25, 0.3) is 11.1 Å². The summed E-state index contributed by atoms with van der Waals surface area (Å²) in [5, 5.41) is 2.49. The summed E-state index contributed by atoms with van der Waals surface area (Å²) in [6.45, 7) is 4.17. The molecule has 3 rings (SSSR count). The van der Waals surface area contributed by atoms with Crippen molar-refractivity contribution in [2.45, 2.75) is 32.0 Å². The fraction of sp³-hybridized carbons (Fsp3) is 0.350. The molecule has 144 valence electrons. The van der Waals surface area contributed by atoms with Gasteiger partial charge in [0.05, 0.1) is 19.2 Å². The van der Waals surface area contributed by atoms with Gasteiger partial charge in [-0.2, -0.15) is 13.2 Å². The molecule has 0 saturated carbocycles. The predicted octanol–water partition coefficient (Wildman–Crippen LogP) is 5.29. The molecule has 2 aromatic rings. The Hall–Kier alpha value is -2.70. The minimum absolute atomic E-state index is 0.110. The van der Waals surface area contributed by atoms with Gasteiger partial charge in [0.25, 0.3) is 0 Å². The Morgan fingerprint density at radius 3 is 2.44 bits per heavy atom. The first-order valence-electron chi connectivity index (χ1n) is 8.54. The normalized spacial score (nSPS) is 17.0. The van der Waals surface area contributed by atoms with Gasteiger partial charge in [0.2, 0.25) is 0 Å². The largest absolute Gasteiger partial charge is 0.496 e. The summed E-state index contributed by atoms with van der Waals surface area (Å²) in [5.74, 6) is 0.774. The van der Waals surface area contributed by atoms with Crippen LogP contribution in [0.1, 0.15) is 42.6 Å². The second kappa shape index (κ2) is 7.13. The van der Waals surface area contributed by atoms with Crippen molar-refractivity contribution in [2.24, 2.45) is 0 Å². The van der Waals surface area contributed by atoms with E-state index in [1.54, 1.807) is 6.07 Å². The number of carbonyl (C=O) groups is 1. The van der Waals surface area contributed by atoms with Crippen molar-refractivity contribution in [1.82, 2.24) is 5.32 Å². The molecule has 1 heterocycles. The van der Waals surface area contributed by atoms with Crippen molar-refractivity contribution < 1.29 is 27.4 Å². The van der Waals surface area contributed by atoms with Crippen molar-refractivity contribution in [3.63, 3.8) is 0 Å². The monoisotopic (exact) mass is 379 g/mol. The molecule has 1 fully saturated rings. The first kappa shape index (κ1) is 19.1. The average molecular weight is 379 g/mol. The summed E-state index contributed by atoms with van der Waals surface area (Å²) >= 11 is 0. The molecule has 1 saturated heterocycles. The molecule has 0 spiro atoms. The molecule has 27 heavy (non-hydrogen) atoms. The van der Waals surface area contributed by atoms with Crippen LogP contribution in [0.4, 0.5) is 18.0 Å². The van der Waals surface area contributed by atoms with Crippen LogP contribution in [0.2, 0.25) is 0 Å². The zero-order valence-corrected chi connectivity index (χ0v) is 15.2. The topological polar surface area (TPSA) is 47.6 Å². The summed E-state index contributed by atoms with van der Waals surface area (Å²) in [6, 6.07) is 9.11. The van der Waals surface area contributed by atoms with Gasteiger partial charge < -0.3 is 14.8 Å². The first-order valence-corrected chi connectivity index (χ1v) is 8.54. The number of alkyl carbamates (subject to hydrolysis) is 1. The maximum Gasteiger partial charge on any atom is 0.416 e. The molecule has 1 unspecified atom stereocenters. The quantitative estimate of drug-likeness (QED) is 0.786. The molecule has 0 bridgehead atoms. The molecule has 2 aromatic carbocycles. The third-order valence-electron chi connectivity index (χ3n) is 4.59. The van der Waals surface area contributed by atoms with Crippen molar-refractivity contribution in [2.75, 3.05) is 13.7 Å². The molecule has 7 heteroatoms. The number of hydrogen-bond donors (Lipinski definition) is 1. The van der Waals surface area contributed by atoms with E-state index in [2.05, 4.69) is 5.32 Å². The van der Waals surface area contributed by atoms with Crippen molar-refractivity contribution in [3.8, 4) is 16.9 Å². The van der Waals surface area contributed by atoms with Gasteiger partial charge in [-0.1, -0.05) is 26.0 Å². The van der Waals surface area contributed by atoms with Crippen LogP contribution in [0, 0.1) is 0 Å². The van der Waals surface area contributed by atoms with Crippen LogP contribution in [0.15, 0.2) is 36.4 Å². The van der Waals surface area contributed by atoms with E-state index in [0.717, 1.165) is 17.7 Å². The number of benzene rings is 2. The fourth-order valence-corrected chi connectivity index (χ4v) is 3.11. The summed E-state index contributed by atoms with van der Waals surface area (Å²) < 4.78 is 50.3. The smallest absolute Gasteiger partial charge is 0.416 e. The highest BCUT2D eigenvalue weighted by atomic mass is 19.4. The Bertz CT molecular complexity index is 862. The highest BCUT2D eigenvalue weighted by Crippen LogP contribution is 2.41. The summed E-state index contributed by atoms with van der Waals surface area (Å²) in [5.41, 5.74) is 1.74. The van der Waals surface area contributed by atoms with Gasteiger partial charge in [-0.05, 0) is 41.3 Å². The van der Waals surface area contributed by atoms with Crippen molar-refractivity contribution in [1.29, 1.82) is 0 Å². The van der Waals surface area contributed by atoms with Crippen LogP contribution in [0.5, 0.6) is 5.75 Å². The van der Waals surface area contributed by atoms with E-state index in [-0.39, 0.29) is 12.5 Å². The van der Waals surface area contributed by atoms with Gasteiger partial charge in [0.15, 0.2) is 0 Å². The van der Waals surface area contributed by atoms with E-state index in [1.165, 1.54) is 13.2 Å². The SMILES string of the molecule is COc1ccc(C(C)C)cc1-c1ccc(C(F)(F)F)cc1C1CNC(=O)O1. The number of halogens is 3. The molecule has 1 amide bonds. The number of cyclic esters (lactones) is 1. The first-order chi connectivity index (χ1) is 12.7. The average Bonchev–Trinajstić information content (AvgIpc) is 3.06. The fourth-order valence-electron chi connectivity index (χ4n) is 3.11. The lowest BCUT2D eigenvalue weighted by atomic mass is 9.90. The summed E-state index contributed by atoms with van der Waals surface area (Å²) in [6.07, 6.45) is -5.94. The van der Waals surface area contributed by atoms with Gasteiger partial charge in [-0.25, -0.2) is 4.79 Å². The predicted molar refractivity (Wildman–Crippen MR) is 94.7 cm³/mol. The number of alkyl halides is 3. The Morgan fingerprint density at radius 2 is 1.89 bits per heavy atom. The van der Waals surface area contributed by atoms with Crippen LogP contribution in [-0.2, 0) is 10.9 Å². The van der Waals surface area contributed by atoms with Crippen LogP contribution >= 0.6 is 0 Å². The lowest BCUT2D eigenvalue weighted by Gasteiger charge is -2.20. The van der Waals surface area contributed by atoms with Crippen LogP contribution < -0.4 is 10.1 Å². The van der Waals surface area contributed by atoms with E-state index in [9.17, 15) is 18.0 Å². The highest BCUT2D eigenvalue weighted by Gasteiger charge is 2.34. The molecule has 4 nitrogen and oxygen atoms in total. The van der Waals surface area contributed by atoms with Crippen molar-refractivity contribution >= 4 is 6.09 Å². The van der Waals surface area contributed by atoms with E-state index in [4.69, 9.17) is 9.47 Å². The minimum atomic E-state index is -4.49. The van der Waals surface area contributed by atoms with Gasteiger partial charge >= 0.3 is 12.3 Å². The summed E-state index contributed by atoms with van der Waals surface area (Å²) in [4.78, 5) is 11.4. The lowest BCUT2D eigenvalue weighted by molar-refractivity contribution is -0.137. The van der Waals surface area contributed by atoms with E-state index < -0.39 is 23.9 Å². The highest BCUT2D eigenvalue weighted by molar-refractivity contribution is 5.77. The molecule has 1 aliphatic rings. The number of rotatable bonds is 4. The van der Waals surface area contributed by atoms with E-state index in [1.807, 2.05) is 26.0 Å². The van der Waals surface area contributed by atoms with Gasteiger partial charge in [0.1, 0.15) is 11.9 Å². The molecular weight excluding hydrogens is 359 g/mol. The van der Waals surface area contributed by atoms with Gasteiger partial charge in [-0.3, -0.25) is 0 Å². The molecular formula is C20H20F3NO3. The second-order valence-corrected chi connectivity index (χ2v) is 6.69. The minimum Gasteiger partial charge on any atom is -0.496 e. The van der Waals surface area contributed by atoms with Gasteiger partial charge in [0, 0.05) is 11.1 Å². The Kier molecular flexibility index (Phi) is 5.04. The Labute approximate surface area is 155 Å². The number of nitrogens with one attached hydrogen (secondary N) is 1. The zero-order valence-electron chi connectivity index (χ0n) is 15.2. The van der Waals surface area contributed by atoms with Gasteiger partial charge in [-0.15, -0.1) is 0 Å². The maximum atomic E-state index is 13.2. The number of amides is 1. The van der Waals surface area contributed by atoms with E-state index >= 15 is 0 Å². The molecule has 0 radical (unpaired) electrons. The molecule has 1 N–H and O–H groups in total. The molecule has 0 aromatic heterocycles. The maximum absolute atomic E-state index is 13.2. The zero-order chi connectivity index (χ0) is 19.8. The van der Waals surface area contributed by atoms with E-state index in [0.29, 0.717) is 22.4 Å². The molecule has 0 aliphatic carbocycles. The number of ether oxygens (including phenoxy) is 2. The number of carbonyl (C=O) groups excluding carboxylic acids is 1. The number of methoxy groups -OCH3 is 1. The third-order valence-corrected chi connectivity index (χ3v) is 4.59. The lowest BCUT2D eigenvalue weighted by Crippen LogP contribution is -2.13. The standard InChI is InChI=1S/C20H20F3NO3/c1-11(2)12-4-7-17(26-3)15(8-12)14-6-5-13(20(21,22)23)9-16(14)18-10-24-19(25)27-18/h4-9,11,18H,10H2,1-3H3,(H,24,25).